The maximum absolute atomic E-state index is 13.7. The summed E-state index contributed by atoms with van der Waals surface area (Å²) in [6.07, 6.45) is 10.1. The van der Waals surface area contributed by atoms with E-state index in [1.54, 1.807) is 17.4 Å². The van der Waals surface area contributed by atoms with E-state index in [-0.39, 0.29) is 17.5 Å². The number of nitrogens with zero attached hydrogens (tertiary/aromatic N) is 2. The minimum Gasteiger partial charge on any atom is -0.322 e. The highest BCUT2D eigenvalue weighted by Crippen LogP contribution is 2.39. The topological polar surface area (TPSA) is 101 Å². The van der Waals surface area contributed by atoms with Gasteiger partial charge in [-0.15, -0.1) is 11.3 Å². The number of carbonyl (C=O) groups excluding carboxylic acids is 4. The molecular formula is C32H34N4O4S. The van der Waals surface area contributed by atoms with Crippen molar-refractivity contribution in [1.29, 1.82) is 0 Å². The van der Waals surface area contributed by atoms with Gasteiger partial charge in [0.05, 0.1) is 5.56 Å². The summed E-state index contributed by atoms with van der Waals surface area (Å²) in [5, 5.41) is 6.31. The number of amides is 5. The number of barbiturate groups is 1. The van der Waals surface area contributed by atoms with Crippen LogP contribution in [0.3, 0.4) is 0 Å². The molecule has 6 rings (SSSR count). The number of hydrogen-bond acceptors (Lipinski definition) is 5. The Kier molecular flexibility index (Phi) is 7.38. The van der Waals surface area contributed by atoms with Crippen LogP contribution in [-0.2, 0) is 22.4 Å². The third-order valence-corrected chi connectivity index (χ3v) is 9.73. The van der Waals surface area contributed by atoms with Gasteiger partial charge in [0.2, 0.25) is 0 Å². The number of rotatable bonds is 5. The van der Waals surface area contributed by atoms with E-state index in [4.69, 9.17) is 0 Å². The van der Waals surface area contributed by atoms with Gasteiger partial charge in [0.1, 0.15) is 10.6 Å². The average molecular weight is 571 g/mol. The van der Waals surface area contributed by atoms with E-state index in [2.05, 4.69) is 15.2 Å². The van der Waals surface area contributed by atoms with Crippen LogP contribution in [0.2, 0.25) is 0 Å². The van der Waals surface area contributed by atoms with Crippen LogP contribution in [0.5, 0.6) is 0 Å². The molecule has 0 radical (unpaired) electrons. The Bertz CT molecular complexity index is 1580. The van der Waals surface area contributed by atoms with Gasteiger partial charge in [0.15, 0.2) is 0 Å². The van der Waals surface area contributed by atoms with Gasteiger partial charge in [-0.3, -0.25) is 24.6 Å². The van der Waals surface area contributed by atoms with Gasteiger partial charge in [-0.2, -0.15) is 0 Å². The summed E-state index contributed by atoms with van der Waals surface area (Å²) < 4.78 is 2.06. The fourth-order valence-electron chi connectivity index (χ4n) is 6.40. The Labute approximate surface area is 243 Å². The van der Waals surface area contributed by atoms with Gasteiger partial charge in [-0.1, -0.05) is 37.5 Å². The largest absolute Gasteiger partial charge is 0.331 e. The van der Waals surface area contributed by atoms with Gasteiger partial charge in [-0.25, -0.2) is 4.79 Å². The summed E-state index contributed by atoms with van der Waals surface area (Å²) in [6, 6.07) is 10.6. The van der Waals surface area contributed by atoms with Crippen molar-refractivity contribution in [1.82, 2.24) is 14.8 Å². The second kappa shape index (κ2) is 11.1. The van der Waals surface area contributed by atoms with Crippen molar-refractivity contribution < 1.29 is 19.2 Å². The minimum absolute atomic E-state index is 0.0389. The molecule has 212 valence electrons. The minimum atomic E-state index is -0.675. The lowest BCUT2D eigenvalue weighted by Crippen LogP contribution is -2.58. The number of benzene rings is 1. The summed E-state index contributed by atoms with van der Waals surface area (Å²) in [5.74, 6) is -1.35. The van der Waals surface area contributed by atoms with E-state index in [9.17, 15) is 19.2 Å². The first kappa shape index (κ1) is 27.2. The molecule has 0 unspecified atom stereocenters. The summed E-state index contributed by atoms with van der Waals surface area (Å²) in [4.78, 5) is 55.2. The molecule has 1 aliphatic heterocycles. The highest BCUT2D eigenvalue weighted by Gasteiger charge is 2.40. The molecule has 2 aliphatic carbocycles. The van der Waals surface area contributed by atoms with Crippen LogP contribution >= 0.6 is 11.3 Å². The number of carbonyl (C=O) groups is 4. The molecule has 5 amide bonds. The zero-order valence-corrected chi connectivity index (χ0v) is 24.2. The lowest BCUT2D eigenvalue weighted by atomic mass is 9.93. The van der Waals surface area contributed by atoms with Crippen LogP contribution in [0.25, 0.3) is 11.1 Å². The van der Waals surface area contributed by atoms with Crippen molar-refractivity contribution in [3.63, 3.8) is 0 Å². The van der Waals surface area contributed by atoms with Gasteiger partial charge >= 0.3 is 6.03 Å². The number of fused-ring (bicyclic) bond motifs is 1. The average Bonchev–Trinajstić information content (AvgIpc) is 3.47. The van der Waals surface area contributed by atoms with Gasteiger partial charge in [-0.05, 0) is 87.8 Å². The van der Waals surface area contributed by atoms with Gasteiger partial charge < -0.3 is 9.88 Å². The fourth-order valence-corrected chi connectivity index (χ4v) is 7.90. The molecule has 1 saturated carbocycles. The number of imide groups is 2. The Morgan fingerprint density at radius 1 is 1.00 bits per heavy atom. The number of aromatic nitrogens is 1. The Morgan fingerprint density at radius 3 is 2.49 bits per heavy atom. The van der Waals surface area contributed by atoms with Crippen LogP contribution in [-0.4, -0.2) is 39.3 Å². The molecule has 3 aromatic rings. The maximum atomic E-state index is 13.7. The molecule has 3 heterocycles. The Hall–Kier alpha value is -3.98. The number of anilines is 1. The van der Waals surface area contributed by atoms with Crippen molar-refractivity contribution in [3.8, 4) is 5.00 Å². The normalized spacial score (nSPS) is 18.9. The standard InChI is InChI=1S/C32H34N4O4S/c1-19-17-21(18-25-28(37)34-32(40)36(30(25)39)23-13-7-4-8-14-23)20(2)35(19)31-27(24-15-9-10-16-26(24)41-31)29(38)33-22-11-5-3-6-12-22/h3,5-6,11-12,17-18,23H,4,7-10,13-16H2,1-2H3,(H,33,38)(H,34,37,40). The number of urea groups is 1. The van der Waals surface area contributed by atoms with E-state index >= 15 is 0 Å². The molecule has 9 heteroatoms. The van der Waals surface area contributed by atoms with Gasteiger partial charge in [0.25, 0.3) is 17.7 Å². The first-order chi connectivity index (χ1) is 19.8. The highest BCUT2D eigenvalue weighted by atomic mass is 32.1. The third-order valence-electron chi connectivity index (χ3n) is 8.46. The summed E-state index contributed by atoms with van der Waals surface area (Å²) in [6.45, 7) is 3.90. The number of nitrogens with one attached hydrogen (secondary N) is 2. The predicted molar refractivity (Wildman–Crippen MR) is 159 cm³/mol. The van der Waals surface area contributed by atoms with Crippen molar-refractivity contribution >= 4 is 46.9 Å². The van der Waals surface area contributed by atoms with E-state index in [1.165, 1.54) is 9.78 Å². The lowest BCUT2D eigenvalue weighted by Gasteiger charge is -2.35. The number of aryl methyl sites for hydroxylation is 2. The van der Waals surface area contributed by atoms with E-state index in [0.717, 1.165) is 85.4 Å². The van der Waals surface area contributed by atoms with Crippen molar-refractivity contribution in [2.45, 2.75) is 77.7 Å². The van der Waals surface area contributed by atoms with E-state index < -0.39 is 17.8 Å². The molecule has 3 aliphatic rings. The second-order valence-electron chi connectivity index (χ2n) is 11.2. The fraction of sp³-hybridized carbons (Fsp3) is 0.375. The molecule has 0 atom stereocenters. The molecule has 2 N–H and O–H groups in total. The van der Waals surface area contributed by atoms with E-state index in [0.29, 0.717) is 11.1 Å². The molecular weight excluding hydrogens is 536 g/mol. The van der Waals surface area contributed by atoms with Crippen LogP contribution in [0.4, 0.5) is 10.5 Å². The highest BCUT2D eigenvalue weighted by molar-refractivity contribution is 7.15. The van der Waals surface area contributed by atoms with E-state index in [1.807, 2.05) is 50.2 Å². The molecule has 0 bridgehead atoms. The van der Waals surface area contributed by atoms with Crippen molar-refractivity contribution in [2.75, 3.05) is 5.32 Å². The zero-order valence-electron chi connectivity index (χ0n) is 23.4. The zero-order chi connectivity index (χ0) is 28.7. The second-order valence-corrected chi connectivity index (χ2v) is 12.2. The monoisotopic (exact) mass is 570 g/mol. The van der Waals surface area contributed by atoms with Crippen molar-refractivity contribution in [2.24, 2.45) is 0 Å². The molecule has 2 fully saturated rings. The smallest absolute Gasteiger partial charge is 0.322 e. The lowest BCUT2D eigenvalue weighted by molar-refractivity contribution is -0.132. The maximum Gasteiger partial charge on any atom is 0.331 e. The molecule has 1 aromatic carbocycles. The Balaban J connectivity index is 1.39. The van der Waals surface area contributed by atoms with Crippen LogP contribution in [0, 0.1) is 13.8 Å². The molecule has 0 spiro atoms. The third kappa shape index (κ3) is 5.03. The van der Waals surface area contributed by atoms with Crippen LogP contribution < -0.4 is 10.6 Å². The predicted octanol–water partition coefficient (Wildman–Crippen LogP) is 6.08. The summed E-state index contributed by atoms with van der Waals surface area (Å²) >= 11 is 1.64. The number of hydrogen-bond donors (Lipinski definition) is 2. The summed E-state index contributed by atoms with van der Waals surface area (Å²) in [5.41, 5.74) is 4.93. The molecule has 2 aromatic heterocycles. The first-order valence-electron chi connectivity index (χ1n) is 14.4. The quantitative estimate of drug-likeness (QED) is 0.287. The van der Waals surface area contributed by atoms with Crippen LogP contribution in [0.15, 0.2) is 42.0 Å². The number of para-hydroxylation sites is 1. The van der Waals surface area contributed by atoms with Gasteiger partial charge in [0, 0.05) is 28.0 Å². The molecule has 8 nitrogen and oxygen atoms in total. The Morgan fingerprint density at radius 2 is 1.73 bits per heavy atom. The first-order valence-corrected chi connectivity index (χ1v) is 15.3. The summed E-state index contributed by atoms with van der Waals surface area (Å²) in [7, 11) is 0. The van der Waals surface area contributed by atoms with Crippen molar-refractivity contribution in [3.05, 3.63) is 74.9 Å². The van der Waals surface area contributed by atoms with Crippen LogP contribution in [0.1, 0.15) is 82.7 Å². The molecule has 41 heavy (non-hydrogen) atoms. The molecule has 1 saturated heterocycles. The SMILES string of the molecule is Cc1cc(C=C2C(=O)NC(=O)N(C3CCCCC3)C2=O)c(C)n1-c1sc2c(c1C(=O)Nc1ccccc1)CCCC2. The number of thiophene rings is 1.